The summed E-state index contributed by atoms with van der Waals surface area (Å²) < 4.78 is 2.71. The van der Waals surface area contributed by atoms with Gasteiger partial charge in [-0.1, -0.05) is 13.8 Å². The van der Waals surface area contributed by atoms with Crippen LogP contribution in [0.3, 0.4) is 0 Å². The summed E-state index contributed by atoms with van der Waals surface area (Å²) in [4.78, 5) is 0. The van der Waals surface area contributed by atoms with Crippen molar-refractivity contribution in [2.24, 2.45) is 12.5 Å². The van der Waals surface area contributed by atoms with Gasteiger partial charge < -0.3 is 5.11 Å². The zero-order chi connectivity index (χ0) is 12.7. The van der Waals surface area contributed by atoms with Crippen LogP contribution in [-0.4, -0.2) is 14.9 Å². The minimum Gasteiger partial charge on any atom is -0.384 e. The van der Waals surface area contributed by atoms with E-state index in [1.807, 2.05) is 7.05 Å². The molecule has 96 valence electrons. The van der Waals surface area contributed by atoms with Gasteiger partial charge >= 0.3 is 0 Å². The van der Waals surface area contributed by atoms with E-state index in [9.17, 15) is 5.11 Å². The number of nitrogens with zero attached hydrogens (tertiary/aromatic N) is 2. The number of aryl methyl sites for hydroxylation is 1. The van der Waals surface area contributed by atoms with E-state index < -0.39 is 5.60 Å². The van der Waals surface area contributed by atoms with Gasteiger partial charge in [-0.3, -0.25) is 4.68 Å². The lowest BCUT2D eigenvalue weighted by Gasteiger charge is -2.28. The van der Waals surface area contributed by atoms with E-state index in [2.05, 4.69) is 34.9 Å². The lowest BCUT2D eigenvalue weighted by molar-refractivity contribution is 0.00953. The molecule has 1 unspecified atom stereocenters. The summed E-state index contributed by atoms with van der Waals surface area (Å²) in [6.45, 7) is 4.58. The summed E-state index contributed by atoms with van der Waals surface area (Å²) >= 11 is 3.50. The van der Waals surface area contributed by atoms with Crippen LogP contribution in [-0.2, 0) is 12.6 Å². The highest BCUT2D eigenvalue weighted by atomic mass is 79.9. The molecule has 1 aliphatic carbocycles. The van der Waals surface area contributed by atoms with E-state index >= 15 is 0 Å². The third-order valence-corrected chi connectivity index (χ3v) is 4.57. The minimum atomic E-state index is -0.724. The molecule has 1 heterocycles. The summed E-state index contributed by atoms with van der Waals surface area (Å²) in [5.41, 5.74) is 0.545. The number of aromatic nitrogens is 2. The van der Waals surface area contributed by atoms with Gasteiger partial charge in [0.25, 0.3) is 0 Å². The van der Waals surface area contributed by atoms with Gasteiger partial charge in [0.15, 0.2) is 0 Å². The van der Waals surface area contributed by atoms with Crippen molar-refractivity contribution in [3.05, 3.63) is 16.4 Å². The quantitative estimate of drug-likeness (QED) is 0.808. The molecule has 4 heteroatoms. The van der Waals surface area contributed by atoms with Crippen molar-refractivity contribution in [3.63, 3.8) is 0 Å². The predicted molar refractivity (Wildman–Crippen MR) is 71.7 cm³/mol. The maximum atomic E-state index is 10.9. The molecule has 0 spiro atoms. The largest absolute Gasteiger partial charge is 0.384 e. The maximum Gasteiger partial charge on any atom is 0.107 e. The fourth-order valence-electron chi connectivity index (χ4n) is 2.83. The Bertz CT molecular complexity index is 394. The summed E-state index contributed by atoms with van der Waals surface area (Å²) in [6.07, 6.45) is 6.73. The monoisotopic (exact) mass is 300 g/mol. The lowest BCUT2D eigenvalue weighted by Crippen LogP contribution is -2.28. The zero-order valence-electron chi connectivity index (χ0n) is 10.8. The molecule has 1 aromatic heterocycles. The van der Waals surface area contributed by atoms with Crippen LogP contribution in [0.2, 0.25) is 0 Å². The van der Waals surface area contributed by atoms with Crippen molar-refractivity contribution in [1.29, 1.82) is 0 Å². The smallest absolute Gasteiger partial charge is 0.107 e. The third kappa shape index (κ3) is 2.58. The molecular weight excluding hydrogens is 280 g/mol. The van der Waals surface area contributed by atoms with Crippen LogP contribution in [0.5, 0.6) is 0 Å². The molecule has 1 fully saturated rings. The van der Waals surface area contributed by atoms with E-state index in [0.717, 1.165) is 35.8 Å². The fraction of sp³-hybridized carbons (Fsp3) is 0.769. The second-order valence-corrected chi connectivity index (χ2v) is 6.87. The van der Waals surface area contributed by atoms with Crippen molar-refractivity contribution >= 4 is 15.9 Å². The van der Waals surface area contributed by atoms with Crippen molar-refractivity contribution < 1.29 is 5.11 Å². The van der Waals surface area contributed by atoms with Crippen LogP contribution in [0, 0.1) is 5.41 Å². The van der Waals surface area contributed by atoms with Gasteiger partial charge in [-0.25, -0.2) is 0 Å². The van der Waals surface area contributed by atoms with Gasteiger partial charge in [-0.2, -0.15) is 5.10 Å². The fourth-order valence-corrected chi connectivity index (χ4v) is 3.54. The number of halogens is 1. The molecule has 3 nitrogen and oxygen atoms in total. The van der Waals surface area contributed by atoms with Crippen LogP contribution in [0.1, 0.15) is 51.6 Å². The Balaban J connectivity index is 2.31. The second kappa shape index (κ2) is 4.39. The van der Waals surface area contributed by atoms with Crippen molar-refractivity contribution in [2.75, 3.05) is 0 Å². The summed E-state index contributed by atoms with van der Waals surface area (Å²) in [5, 5.41) is 15.1. The average molecular weight is 301 g/mol. The second-order valence-electron chi connectivity index (χ2n) is 6.01. The van der Waals surface area contributed by atoms with Gasteiger partial charge in [0.05, 0.1) is 16.4 Å². The maximum absolute atomic E-state index is 10.9. The van der Waals surface area contributed by atoms with Gasteiger partial charge in [-0.15, -0.1) is 0 Å². The number of hydrogen-bond donors (Lipinski definition) is 1. The van der Waals surface area contributed by atoms with Gasteiger partial charge in [0.2, 0.25) is 0 Å². The van der Waals surface area contributed by atoms with Crippen LogP contribution in [0.4, 0.5) is 0 Å². The molecule has 1 N–H and O–H groups in total. The highest BCUT2D eigenvalue weighted by molar-refractivity contribution is 9.10. The third-order valence-electron chi connectivity index (χ3n) is 3.99. The van der Waals surface area contributed by atoms with Crippen molar-refractivity contribution in [2.45, 2.75) is 51.6 Å². The van der Waals surface area contributed by atoms with E-state index in [4.69, 9.17) is 0 Å². The summed E-state index contributed by atoms with van der Waals surface area (Å²) in [7, 11) is 1.90. The summed E-state index contributed by atoms with van der Waals surface area (Å²) in [6, 6.07) is 0. The van der Waals surface area contributed by atoms with E-state index in [1.54, 1.807) is 10.9 Å². The van der Waals surface area contributed by atoms with Crippen LogP contribution >= 0.6 is 15.9 Å². The molecule has 0 aliphatic heterocycles. The van der Waals surface area contributed by atoms with Crippen LogP contribution < -0.4 is 0 Å². The summed E-state index contributed by atoms with van der Waals surface area (Å²) in [5.74, 6) is 0. The predicted octanol–water partition coefficient (Wildman–Crippen LogP) is 3.36. The Morgan fingerprint density at radius 1 is 1.29 bits per heavy atom. The topological polar surface area (TPSA) is 38.0 Å². The molecule has 1 saturated carbocycles. The molecule has 0 aromatic carbocycles. The normalized spacial score (nSPS) is 29.0. The first-order chi connectivity index (χ1) is 7.84. The molecule has 0 radical (unpaired) electrons. The molecule has 0 bridgehead atoms. The number of rotatable bonds is 1. The van der Waals surface area contributed by atoms with Crippen LogP contribution in [0.25, 0.3) is 0 Å². The van der Waals surface area contributed by atoms with Crippen molar-refractivity contribution in [1.82, 2.24) is 9.78 Å². The van der Waals surface area contributed by atoms with E-state index in [0.29, 0.717) is 5.41 Å². The van der Waals surface area contributed by atoms with Gasteiger partial charge in [-0.05, 0) is 53.4 Å². The Kier molecular flexibility index (Phi) is 3.38. The van der Waals surface area contributed by atoms with E-state index in [-0.39, 0.29) is 0 Å². The highest BCUT2D eigenvalue weighted by Crippen LogP contribution is 2.44. The molecule has 1 aromatic rings. The lowest BCUT2D eigenvalue weighted by atomic mass is 9.83. The van der Waals surface area contributed by atoms with Crippen molar-refractivity contribution in [3.8, 4) is 0 Å². The zero-order valence-corrected chi connectivity index (χ0v) is 12.4. The number of aliphatic hydroxyl groups is 1. The highest BCUT2D eigenvalue weighted by Gasteiger charge is 2.38. The number of hydrogen-bond acceptors (Lipinski definition) is 2. The molecule has 1 aliphatic rings. The first-order valence-electron chi connectivity index (χ1n) is 6.24. The van der Waals surface area contributed by atoms with E-state index in [1.165, 1.54) is 6.42 Å². The molecule has 0 saturated heterocycles. The van der Waals surface area contributed by atoms with Gasteiger partial charge in [0, 0.05) is 7.05 Å². The molecule has 1 atom stereocenters. The average Bonchev–Trinajstić information content (AvgIpc) is 2.49. The van der Waals surface area contributed by atoms with Gasteiger partial charge in [0.1, 0.15) is 5.60 Å². The minimum absolute atomic E-state index is 0.343. The SMILES string of the molecule is Cn1ncc(Br)c1C1(O)CCCC(C)(C)CC1. The standard InChI is InChI=1S/C13H21BrN2O/c1-12(2)5-4-6-13(17,8-7-12)11-10(14)9-15-16(11)3/h9,17H,4-8H2,1-3H3. The first-order valence-corrected chi connectivity index (χ1v) is 7.04. The molecular formula is C13H21BrN2O. The Morgan fingerprint density at radius 2 is 2.00 bits per heavy atom. The van der Waals surface area contributed by atoms with Crippen LogP contribution in [0.15, 0.2) is 10.7 Å². The first kappa shape index (κ1) is 13.1. The molecule has 17 heavy (non-hydrogen) atoms. The Hall–Kier alpha value is -0.350. The molecule has 0 amide bonds. The Labute approximate surface area is 111 Å². The molecule has 2 rings (SSSR count). The Morgan fingerprint density at radius 3 is 2.59 bits per heavy atom.